The summed E-state index contributed by atoms with van der Waals surface area (Å²) in [6.07, 6.45) is 0. The molecule has 12 aromatic rings. The van der Waals surface area contributed by atoms with E-state index < -0.39 is 0 Å². The van der Waals surface area contributed by atoms with Gasteiger partial charge in [0, 0.05) is 44.2 Å². The SMILES string of the molecule is CC(C)(C)c1cc(-c2ccccc2)cc2c3cc(-c4ccccc4)cc(-c4ccccc4)c3n(-c3c(-c4ccccc4)cc(-c4nc(-c5ccccc5)nc(-c5ccccc5)n4)cc3-c3ccccc3)c12. The maximum absolute atomic E-state index is 5.31. The van der Waals surface area contributed by atoms with Crippen LogP contribution in [0, 0.1) is 0 Å². The Kier molecular flexibility index (Phi) is 11.1. The third kappa shape index (κ3) is 8.19. The molecule has 0 bridgehead atoms. The van der Waals surface area contributed by atoms with E-state index in [1.807, 2.05) is 36.4 Å². The number of nitrogens with zero attached hydrogens (tertiary/aromatic N) is 4. The molecule has 0 atom stereocenters. The summed E-state index contributed by atoms with van der Waals surface area (Å²) in [5.74, 6) is 1.84. The molecular weight excluding hydrogens is 861 g/mol. The molecule has 0 fully saturated rings. The zero-order valence-electron chi connectivity index (χ0n) is 40.0. The molecule has 2 heterocycles. The van der Waals surface area contributed by atoms with E-state index >= 15 is 0 Å². The van der Waals surface area contributed by atoms with Crippen molar-refractivity contribution in [2.45, 2.75) is 26.2 Å². The van der Waals surface area contributed by atoms with Crippen molar-refractivity contribution < 1.29 is 0 Å². The van der Waals surface area contributed by atoms with Gasteiger partial charge >= 0.3 is 0 Å². The Morgan fingerprint density at radius 1 is 0.282 bits per heavy atom. The van der Waals surface area contributed by atoms with Crippen molar-refractivity contribution in [3.05, 3.63) is 254 Å². The second-order valence-electron chi connectivity index (χ2n) is 19.2. The quantitative estimate of drug-likeness (QED) is 0.145. The largest absolute Gasteiger partial charge is 0.307 e. The van der Waals surface area contributed by atoms with Crippen LogP contribution in [0.4, 0.5) is 0 Å². The molecule has 12 rings (SSSR count). The second kappa shape index (κ2) is 18.2. The Balaban J connectivity index is 1.28. The van der Waals surface area contributed by atoms with Crippen molar-refractivity contribution in [1.82, 2.24) is 19.5 Å². The molecule has 0 unspecified atom stereocenters. The third-order valence-electron chi connectivity index (χ3n) is 13.5. The first kappa shape index (κ1) is 43.3. The molecule has 0 aliphatic heterocycles. The lowest BCUT2D eigenvalue weighted by Gasteiger charge is -2.26. The highest BCUT2D eigenvalue weighted by Gasteiger charge is 2.30. The van der Waals surface area contributed by atoms with Crippen molar-refractivity contribution in [1.29, 1.82) is 0 Å². The predicted molar refractivity (Wildman–Crippen MR) is 296 cm³/mol. The van der Waals surface area contributed by atoms with E-state index in [1.54, 1.807) is 0 Å². The van der Waals surface area contributed by atoms with Gasteiger partial charge in [0.2, 0.25) is 0 Å². The van der Waals surface area contributed by atoms with Crippen molar-refractivity contribution in [3.63, 3.8) is 0 Å². The average molecular weight is 911 g/mol. The minimum absolute atomic E-state index is 0.267. The molecule has 71 heavy (non-hydrogen) atoms. The smallest absolute Gasteiger partial charge is 0.164 e. The third-order valence-corrected chi connectivity index (χ3v) is 13.5. The van der Waals surface area contributed by atoms with Gasteiger partial charge in [0.1, 0.15) is 0 Å². The lowest BCUT2D eigenvalue weighted by atomic mass is 9.83. The molecule has 0 N–H and O–H groups in total. The fraction of sp³-hybridized carbons (Fsp3) is 0.0597. The summed E-state index contributed by atoms with van der Waals surface area (Å²) < 4.78 is 2.61. The van der Waals surface area contributed by atoms with Gasteiger partial charge in [-0.1, -0.05) is 233 Å². The van der Waals surface area contributed by atoms with Crippen molar-refractivity contribution in [2.75, 3.05) is 0 Å². The zero-order chi connectivity index (χ0) is 47.9. The molecule has 0 spiro atoms. The van der Waals surface area contributed by atoms with Gasteiger partial charge < -0.3 is 4.57 Å². The zero-order valence-corrected chi connectivity index (χ0v) is 40.0. The van der Waals surface area contributed by atoms with Crippen LogP contribution in [0.15, 0.2) is 249 Å². The van der Waals surface area contributed by atoms with Crippen LogP contribution in [-0.4, -0.2) is 19.5 Å². The summed E-state index contributed by atoms with van der Waals surface area (Å²) in [6, 6.07) is 88.9. The van der Waals surface area contributed by atoms with Gasteiger partial charge in [-0.05, 0) is 86.3 Å². The molecule has 0 aliphatic carbocycles. The number of benzene rings is 10. The van der Waals surface area contributed by atoms with Gasteiger partial charge in [0.15, 0.2) is 17.5 Å². The summed E-state index contributed by atoms with van der Waals surface area (Å²) in [7, 11) is 0. The normalized spacial score (nSPS) is 11.6. The molecule has 0 saturated carbocycles. The monoisotopic (exact) mass is 910 g/mol. The minimum Gasteiger partial charge on any atom is -0.307 e. The fourth-order valence-corrected chi connectivity index (χ4v) is 10.1. The molecule has 338 valence electrons. The lowest BCUT2D eigenvalue weighted by Crippen LogP contribution is -2.14. The topological polar surface area (TPSA) is 43.6 Å². The number of fused-ring (bicyclic) bond motifs is 3. The highest BCUT2D eigenvalue weighted by Crippen LogP contribution is 2.50. The maximum Gasteiger partial charge on any atom is 0.164 e. The van der Waals surface area contributed by atoms with Crippen LogP contribution in [0.2, 0.25) is 0 Å². The number of hydrogen-bond acceptors (Lipinski definition) is 3. The molecular formula is C67H50N4. The Labute approximate surface area is 415 Å². The van der Waals surface area contributed by atoms with Gasteiger partial charge in [0.25, 0.3) is 0 Å². The minimum atomic E-state index is -0.267. The summed E-state index contributed by atoms with van der Waals surface area (Å²) >= 11 is 0. The van der Waals surface area contributed by atoms with Crippen LogP contribution in [0.3, 0.4) is 0 Å². The Hall–Kier alpha value is -8.99. The van der Waals surface area contributed by atoms with Crippen molar-refractivity contribution in [2.24, 2.45) is 0 Å². The summed E-state index contributed by atoms with van der Waals surface area (Å²) in [5, 5.41) is 2.38. The van der Waals surface area contributed by atoms with E-state index in [4.69, 9.17) is 15.0 Å². The molecule has 0 aliphatic rings. The standard InChI is InChI=1S/C67H50N4/c1-67(2,3)60-44-53(46-27-13-5-14-28-46)41-59-58-40-52(45-25-11-4-12-26-45)39-55(47-29-15-6-16-30-47)62(58)71(63(59)60)61-56(48-31-17-7-18-32-48)42-54(43-57(61)49-33-19-8-20-34-49)66-69-64(50-35-21-9-22-36-50)68-65(70-66)51-37-23-10-24-38-51/h4-44H,1-3H3. The maximum atomic E-state index is 5.31. The molecule has 2 aromatic heterocycles. The van der Waals surface area contributed by atoms with Crippen LogP contribution in [-0.2, 0) is 5.41 Å². The van der Waals surface area contributed by atoms with Crippen LogP contribution in [0.5, 0.6) is 0 Å². The van der Waals surface area contributed by atoms with E-state index in [0.29, 0.717) is 17.5 Å². The van der Waals surface area contributed by atoms with Crippen LogP contribution >= 0.6 is 0 Å². The van der Waals surface area contributed by atoms with E-state index in [2.05, 4.69) is 238 Å². The first-order chi connectivity index (χ1) is 34.9. The summed E-state index contributed by atoms with van der Waals surface area (Å²) in [6.45, 7) is 7.04. The Bertz CT molecular complexity index is 3730. The Morgan fingerprint density at radius 2 is 0.592 bits per heavy atom. The van der Waals surface area contributed by atoms with Crippen molar-refractivity contribution >= 4 is 21.8 Å². The fourth-order valence-electron chi connectivity index (χ4n) is 10.1. The molecule has 0 amide bonds. The summed E-state index contributed by atoms with van der Waals surface area (Å²) in [5.41, 5.74) is 18.4. The van der Waals surface area contributed by atoms with Crippen LogP contribution in [0.1, 0.15) is 26.3 Å². The molecule has 0 radical (unpaired) electrons. The average Bonchev–Trinajstić information content (AvgIpc) is 3.77. The lowest BCUT2D eigenvalue weighted by molar-refractivity contribution is 0.594. The van der Waals surface area contributed by atoms with E-state index in [1.165, 1.54) is 44.1 Å². The van der Waals surface area contributed by atoms with Gasteiger partial charge in [-0.3, -0.25) is 0 Å². The van der Waals surface area contributed by atoms with Crippen molar-refractivity contribution in [3.8, 4) is 95.5 Å². The Morgan fingerprint density at radius 3 is 0.986 bits per heavy atom. The van der Waals surface area contributed by atoms with Crippen LogP contribution < -0.4 is 0 Å². The predicted octanol–water partition coefficient (Wildman–Crippen LogP) is 17.6. The highest BCUT2D eigenvalue weighted by atomic mass is 15.0. The molecule has 0 saturated heterocycles. The number of aromatic nitrogens is 4. The number of hydrogen-bond donors (Lipinski definition) is 0. The second-order valence-corrected chi connectivity index (χ2v) is 19.2. The van der Waals surface area contributed by atoms with E-state index in [9.17, 15) is 0 Å². The molecule has 4 nitrogen and oxygen atoms in total. The number of rotatable bonds is 9. The van der Waals surface area contributed by atoms with Gasteiger partial charge in [0.05, 0.1) is 16.7 Å². The highest BCUT2D eigenvalue weighted by molar-refractivity contribution is 6.18. The van der Waals surface area contributed by atoms with Gasteiger partial charge in [-0.2, -0.15) is 0 Å². The van der Waals surface area contributed by atoms with Crippen LogP contribution in [0.25, 0.3) is 117 Å². The van der Waals surface area contributed by atoms with Gasteiger partial charge in [-0.15, -0.1) is 0 Å². The van der Waals surface area contributed by atoms with Gasteiger partial charge in [-0.25, -0.2) is 15.0 Å². The summed E-state index contributed by atoms with van der Waals surface area (Å²) in [4.78, 5) is 15.7. The molecule has 4 heteroatoms. The van der Waals surface area contributed by atoms with E-state index in [0.717, 1.165) is 61.3 Å². The molecule has 10 aromatic carbocycles. The van der Waals surface area contributed by atoms with E-state index in [-0.39, 0.29) is 5.41 Å². The first-order valence-electron chi connectivity index (χ1n) is 24.4. The first-order valence-corrected chi connectivity index (χ1v) is 24.4.